The molecule has 0 saturated heterocycles. The number of H-pyrrole nitrogens is 1. The molecule has 0 amide bonds. The van der Waals surface area contributed by atoms with Crippen LogP contribution in [0, 0.1) is 5.82 Å². The predicted molar refractivity (Wildman–Crippen MR) is 68.1 cm³/mol. The second kappa shape index (κ2) is 3.95. The minimum Gasteiger partial charge on any atom is -0.369 e. The van der Waals surface area contributed by atoms with Gasteiger partial charge in [-0.05, 0) is 12.1 Å². The van der Waals surface area contributed by atoms with Crippen LogP contribution in [-0.4, -0.2) is 14.5 Å². The van der Waals surface area contributed by atoms with Crippen molar-refractivity contribution in [2.24, 2.45) is 0 Å². The van der Waals surface area contributed by atoms with Crippen LogP contribution in [0.5, 0.6) is 0 Å². The fourth-order valence-electron chi connectivity index (χ4n) is 1.85. The lowest BCUT2D eigenvalue weighted by Gasteiger charge is -2.03. The van der Waals surface area contributed by atoms with Gasteiger partial charge in [0.2, 0.25) is 5.95 Å². The number of nitrogens with zero attached hydrogens (tertiary/aromatic N) is 2. The molecular weight excluding hydrogens is 255 g/mol. The Kier molecular flexibility index (Phi) is 2.41. The van der Waals surface area contributed by atoms with Crippen LogP contribution in [0.25, 0.3) is 11.0 Å². The van der Waals surface area contributed by atoms with Gasteiger partial charge in [-0.2, -0.15) is 0 Å². The average molecular weight is 264 g/mol. The summed E-state index contributed by atoms with van der Waals surface area (Å²) >= 11 is 1.09. The number of thiazole rings is 1. The number of aromatic amines is 1. The molecule has 18 heavy (non-hydrogen) atoms. The van der Waals surface area contributed by atoms with Crippen molar-refractivity contribution in [1.82, 2.24) is 14.5 Å². The van der Waals surface area contributed by atoms with Crippen LogP contribution in [0.1, 0.15) is 5.69 Å². The van der Waals surface area contributed by atoms with Crippen molar-refractivity contribution in [3.63, 3.8) is 0 Å². The van der Waals surface area contributed by atoms with Gasteiger partial charge in [-0.25, -0.2) is 9.37 Å². The molecule has 3 N–H and O–H groups in total. The summed E-state index contributed by atoms with van der Waals surface area (Å²) in [6.07, 6.45) is 0. The Balaban J connectivity index is 2.11. The molecule has 0 spiro atoms. The second-order valence-corrected chi connectivity index (χ2v) is 4.70. The van der Waals surface area contributed by atoms with E-state index >= 15 is 0 Å². The van der Waals surface area contributed by atoms with Crippen LogP contribution in [0.4, 0.5) is 10.3 Å². The van der Waals surface area contributed by atoms with Crippen molar-refractivity contribution in [2.45, 2.75) is 6.54 Å². The lowest BCUT2D eigenvalue weighted by atomic mass is 10.3. The van der Waals surface area contributed by atoms with Gasteiger partial charge < -0.3 is 15.3 Å². The van der Waals surface area contributed by atoms with Gasteiger partial charge in [0, 0.05) is 17.1 Å². The second-order valence-electron chi connectivity index (χ2n) is 3.86. The molecule has 0 aliphatic heterocycles. The van der Waals surface area contributed by atoms with E-state index in [2.05, 4.69) is 9.97 Å². The Morgan fingerprint density at radius 1 is 1.50 bits per heavy atom. The largest absolute Gasteiger partial charge is 0.369 e. The van der Waals surface area contributed by atoms with Crippen LogP contribution in [0.3, 0.4) is 0 Å². The summed E-state index contributed by atoms with van der Waals surface area (Å²) in [6, 6.07) is 4.31. The van der Waals surface area contributed by atoms with Crippen LogP contribution in [0.15, 0.2) is 28.4 Å². The van der Waals surface area contributed by atoms with E-state index in [-0.39, 0.29) is 10.7 Å². The van der Waals surface area contributed by atoms with Crippen molar-refractivity contribution in [2.75, 3.05) is 5.73 Å². The molecule has 2 aromatic heterocycles. The van der Waals surface area contributed by atoms with Crippen LogP contribution in [-0.2, 0) is 6.54 Å². The Morgan fingerprint density at radius 2 is 2.33 bits per heavy atom. The van der Waals surface area contributed by atoms with Crippen molar-refractivity contribution >= 4 is 28.3 Å². The lowest BCUT2D eigenvalue weighted by Crippen LogP contribution is -2.06. The van der Waals surface area contributed by atoms with Gasteiger partial charge >= 0.3 is 4.87 Å². The van der Waals surface area contributed by atoms with Gasteiger partial charge in [0.25, 0.3) is 0 Å². The fraction of sp³-hybridized carbons (Fsp3) is 0.0909. The number of benzene rings is 1. The van der Waals surface area contributed by atoms with E-state index in [1.807, 2.05) is 0 Å². The number of hydrogen-bond acceptors (Lipinski definition) is 4. The molecule has 0 atom stereocenters. The molecule has 7 heteroatoms. The third-order valence-corrected chi connectivity index (χ3v) is 3.36. The van der Waals surface area contributed by atoms with E-state index in [9.17, 15) is 9.18 Å². The highest BCUT2D eigenvalue weighted by atomic mass is 32.1. The molecular formula is C11H9FN4OS. The van der Waals surface area contributed by atoms with Crippen LogP contribution < -0.4 is 10.6 Å². The predicted octanol–water partition coefficient (Wildman–Crippen LogP) is 1.56. The number of anilines is 1. The zero-order valence-corrected chi connectivity index (χ0v) is 10.00. The Bertz CT molecular complexity index is 773. The van der Waals surface area contributed by atoms with Gasteiger partial charge in [-0.15, -0.1) is 0 Å². The first kappa shape index (κ1) is 11.0. The SMILES string of the molecule is Nc1nc2cc(F)ccc2n1Cc1csc(=O)[nH]1. The first-order valence-electron chi connectivity index (χ1n) is 5.21. The summed E-state index contributed by atoms with van der Waals surface area (Å²) in [4.78, 5) is 17.7. The molecule has 3 aromatic rings. The van der Waals surface area contributed by atoms with E-state index in [1.54, 1.807) is 16.0 Å². The Labute approximate surface area is 105 Å². The monoisotopic (exact) mass is 264 g/mol. The van der Waals surface area contributed by atoms with Gasteiger partial charge in [-0.3, -0.25) is 4.79 Å². The van der Waals surface area contributed by atoms with Gasteiger partial charge in [0.05, 0.1) is 17.6 Å². The summed E-state index contributed by atoms with van der Waals surface area (Å²) in [6.45, 7) is 0.409. The lowest BCUT2D eigenvalue weighted by molar-refractivity contribution is 0.629. The minimum absolute atomic E-state index is 0.112. The normalized spacial score (nSPS) is 11.2. The smallest absolute Gasteiger partial charge is 0.304 e. The molecule has 0 aliphatic rings. The number of rotatable bonds is 2. The van der Waals surface area contributed by atoms with E-state index in [0.717, 1.165) is 22.5 Å². The highest BCUT2D eigenvalue weighted by Crippen LogP contribution is 2.19. The third kappa shape index (κ3) is 1.78. The van der Waals surface area contributed by atoms with Crippen molar-refractivity contribution in [3.05, 3.63) is 44.8 Å². The molecule has 92 valence electrons. The van der Waals surface area contributed by atoms with Crippen LogP contribution >= 0.6 is 11.3 Å². The molecule has 0 bridgehead atoms. The van der Waals surface area contributed by atoms with Crippen LogP contribution in [0.2, 0.25) is 0 Å². The molecule has 0 aliphatic carbocycles. The quantitative estimate of drug-likeness (QED) is 0.737. The number of hydrogen-bond donors (Lipinski definition) is 2. The van der Waals surface area contributed by atoms with Gasteiger partial charge in [0.15, 0.2) is 0 Å². The molecule has 3 rings (SSSR count). The number of nitrogen functional groups attached to an aromatic ring is 1. The van der Waals surface area contributed by atoms with Crippen molar-refractivity contribution in [3.8, 4) is 0 Å². The van der Waals surface area contributed by atoms with Crippen molar-refractivity contribution < 1.29 is 4.39 Å². The summed E-state index contributed by atoms with van der Waals surface area (Å²) in [5.41, 5.74) is 7.79. The number of nitrogens with one attached hydrogen (secondary N) is 1. The maximum Gasteiger partial charge on any atom is 0.304 e. The summed E-state index contributed by atoms with van der Waals surface area (Å²) in [5, 5.41) is 1.73. The number of aromatic nitrogens is 3. The van der Waals surface area contributed by atoms with E-state index in [1.165, 1.54) is 12.1 Å². The molecule has 0 fully saturated rings. The molecule has 0 radical (unpaired) electrons. The number of imidazole rings is 1. The molecule has 0 saturated carbocycles. The van der Waals surface area contributed by atoms with E-state index in [4.69, 9.17) is 5.73 Å². The first-order valence-corrected chi connectivity index (χ1v) is 6.09. The van der Waals surface area contributed by atoms with E-state index < -0.39 is 0 Å². The summed E-state index contributed by atoms with van der Waals surface area (Å²) < 4.78 is 14.8. The zero-order valence-electron chi connectivity index (χ0n) is 9.18. The standard InChI is InChI=1S/C11H9FN4OS/c12-6-1-2-9-8(3-6)15-10(13)16(9)4-7-5-18-11(17)14-7/h1-3,5H,4H2,(H2,13,15)(H,14,17). The number of nitrogens with two attached hydrogens (primary N) is 1. The number of fused-ring (bicyclic) bond motifs is 1. The molecule has 2 heterocycles. The Hall–Kier alpha value is -2.15. The third-order valence-electron chi connectivity index (χ3n) is 2.64. The average Bonchev–Trinajstić information content (AvgIpc) is 2.84. The minimum atomic E-state index is -0.351. The van der Waals surface area contributed by atoms with Crippen molar-refractivity contribution in [1.29, 1.82) is 0 Å². The maximum atomic E-state index is 13.1. The Morgan fingerprint density at radius 3 is 3.06 bits per heavy atom. The molecule has 0 unspecified atom stereocenters. The summed E-state index contributed by atoms with van der Waals surface area (Å²) in [7, 11) is 0. The first-order chi connectivity index (χ1) is 8.63. The highest BCUT2D eigenvalue weighted by Gasteiger charge is 2.10. The zero-order chi connectivity index (χ0) is 12.7. The van der Waals surface area contributed by atoms with Gasteiger partial charge in [0.1, 0.15) is 5.82 Å². The number of halogens is 1. The highest BCUT2D eigenvalue weighted by molar-refractivity contribution is 7.07. The van der Waals surface area contributed by atoms with Gasteiger partial charge in [-0.1, -0.05) is 11.3 Å². The summed E-state index contributed by atoms with van der Waals surface area (Å²) in [5.74, 6) is -0.0567. The fourth-order valence-corrected chi connectivity index (χ4v) is 2.42. The molecule has 5 nitrogen and oxygen atoms in total. The maximum absolute atomic E-state index is 13.1. The topological polar surface area (TPSA) is 76.7 Å². The molecule has 1 aromatic carbocycles. The van der Waals surface area contributed by atoms with E-state index in [0.29, 0.717) is 18.0 Å².